The molecule has 1 aliphatic rings. The first-order valence-electron chi connectivity index (χ1n) is 7.95. The van der Waals surface area contributed by atoms with Gasteiger partial charge in [0.25, 0.3) is 0 Å². The van der Waals surface area contributed by atoms with E-state index >= 15 is 0 Å². The molecule has 0 bridgehead atoms. The first kappa shape index (κ1) is 21.2. The Hall–Kier alpha value is -0.0700. The van der Waals surface area contributed by atoms with Crippen LogP contribution < -0.4 is 0 Å². The second kappa shape index (κ2) is 10.3. The van der Waals surface area contributed by atoms with Crippen molar-refractivity contribution < 1.29 is 4.57 Å². The molecule has 0 spiro atoms. The highest BCUT2D eigenvalue weighted by Gasteiger charge is 2.23. The van der Waals surface area contributed by atoms with Crippen molar-refractivity contribution in [1.82, 2.24) is 14.9 Å². The van der Waals surface area contributed by atoms with E-state index in [2.05, 4.69) is 62.7 Å². The van der Waals surface area contributed by atoms with Crippen LogP contribution in [0.1, 0.15) is 11.4 Å². The minimum absolute atomic E-state index is 0.812. The molecule has 0 amide bonds. The number of nitrogens with zero attached hydrogens (tertiary/aromatic N) is 3. The summed E-state index contributed by atoms with van der Waals surface area (Å²) in [7, 11) is -1.81. The molecule has 8 heteroatoms. The molecule has 0 unspecified atom stereocenters. The molecule has 0 radical (unpaired) electrons. The fourth-order valence-electron chi connectivity index (χ4n) is 2.38. The number of halogens is 3. The molecule has 136 valence electrons. The van der Waals surface area contributed by atoms with Crippen molar-refractivity contribution >= 4 is 54.9 Å². The summed E-state index contributed by atoms with van der Waals surface area (Å²) in [4.78, 5) is 10.9. The molecule has 2 aromatic heterocycles. The van der Waals surface area contributed by atoms with Gasteiger partial charge in [-0.2, -0.15) is 0 Å². The van der Waals surface area contributed by atoms with E-state index in [0.29, 0.717) is 0 Å². The Morgan fingerprint density at radius 1 is 1.00 bits per heavy atom. The molecule has 0 aromatic carbocycles. The van der Waals surface area contributed by atoms with Crippen LogP contribution in [0.25, 0.3) is 0 Å². The molecule has 3 rings (SSSR count). The van der Waals surface area contributed by atoms with Gasteiger partial charge in [0.15, 0.2) is 0 Å². The maximum absolute atomic E-state index is 11.8. The Balaban J connectivity index is 0.000000212. The number of hydrogen-bond acceptors (Lipinski definition) is 4. The van der Waals surface area contributed by atoms with Crippen LogP contribution in [-0.4, -0.2) is 46.9 Å². The molecule has 0 atom stereocenters. The Labute approximate surface area is 174 Å². The normalized spacial score (nSPS) is 16.8. The Kier molecular flexibility index (Phi) is 8.76. The lowest BCUT2D eigenvalue weighted by Gasteiger charge is -2.30. The summed E-state index contributed by atoms with van der Waals surface area (Å²) in [6.45, 7) is 4.64. The highest BCUT2D eigenvalue weighted by Crippen LogP contribution is 2.42. The number of alkyl halides is 1. The zero-order valence-electron chi connectivity index (χ0n) is 14.0. The van der Waals surface area contributed by atoms with Crippen LogP contribution in [0.4, 0.5) is 0 Å². The fourth-order valence-corrected chi connectivity index (χ4v) is 5.09. The summed E-state index contributed by atoms with van der Waals surface area (Å²) in [5.74, 6) is 0. The van der Waals surface area contributed by atoms with Gasteiger partial charge in [0.1, 0.15) is 9.21 Å². The molecule has 3 heterocycles. The number of rotatable bonds is 3. The summed E-state index contributed by atoms with van der Waals surface area (Å²) in [6.07, 6.45) is 1.70. The van der Waals surface area contributed by atoms with Gasteiger partial charge in [-0.1, -0.05) is 28.1 Å². The van der Waals surface area contributed by atoms with Gasteiger partial charge in [-0.3, -0.25) is 4.90 Å². The maximum Gasteiger partial charge on any atom is 0.106 e. The fraction of sp³-hybridized carbons (Fsp3) is 0.412. The van der Waals surface area contributed by atoms with Crippen molar-refractivity contribution in [2.45, 2.75) is 11.9 Å². The van der Waals surface area contributed by atoms with Crippen LogP contribution in [0.15, 0.2) is 45.6 Å². The largest absolute Gasteiger partial charge is 0.324 e. The summed E-state index contributed by atoms with van der Waals surface area (Å²) in [5, 5.41) is 0.812. The van der Waals surface area contributed by atoms with Gasteiger partial charge in [0.05, 0.1) is 18.5 Å². The Bertz CT molecular complexity index is 733. The summed E-state index contributed by atoms with van der Waals surface area (Å²) in [6, 6.07) is 11.8. The second-order valence-corrected chi connectivity index (χ2v) is 11.7. The van der Waals surface area contributed by atoms with Gasteiger partial charge in [0, 0.05) is 37.3 Å². The van der Waals surface area contributed by atoms with Crippen LogP contribution in [0.2, 0.25) is 0 Å². The second-order valence-electron chi connectivity index (χ2n) is 6.06. The highest BCUT2D eigenvalue weighted by atomic mass is 79.9. The van der Waals surface area contributed by atoms with E-state index < -0.39 is 7.14 Å². The molecule has 0 saturated carbocycles. The van der Waals surface area contributed by atoms with E-state index in [-0.39, 0.29) is 0 Å². The predicted octanol–water partition coefficient (Wildman–Crippen LogP) is 5.39. The lowest BCUT2D eigenvalue weighted by molar-refractivity contribution is 0.284. The quantitative estimate of drug-likeness (QED) is 0.290. The average molecular weight is 554 g/mol. The van der Waals surface area contributed by atoms with Gasteiger partial charge in [-0.05, 0) is 62.8 Å². The summed E-state index contributed by atoms with van der Waals surface area (Å²) < 4.78 is 13.6. The molecular weight excluding hydrogens is 533 g/mol. The van der Waals surface area contributed by atoms with Gasteiger partial charge in [-0.25, -0.2) is 9.97 Å². The van der Waals surface area contributed by atoms with Gasteiger partial charge >= 0.3 is 0 Å². The number of pyridine rings is 2. The zero-order chi connectivity index (χ0) is 18.3. The molecular formula is C17H21Br3N3OP. The number of hydrogen-bond donors (Lipinski definition) is 0. The van der Waals surface area contributed by atoms with E-state index in [1.54, 1.807) is 0 Å². The maximum atomic E-state index is 11.8. The van der Waals surface area contributed by atoms with E-state index in [9.17, 15) is 4.57 Å². The van der Waals surface area contributed by atoms with Crippen LogP contribution in [0.3, 0.4) is 0 Å². The minimum Gasteiger partial charge on any atom is -0.324 e. The Morgan fingerprint density at radius 2 is 1.52 bits per heavy atom. The molecule has 4 nitrogen and oxygen atoms in total. The van der Waals surface area contributed by atoms with Gasteiger partial charge < -0.3 is 4.57 Å². The molecule has 1 aliphatic heterocycles. The SMILES string of the molecule is BrCc1cccc(Br)n1.CP1(=O)CCN(Cc2cccc(Br)n2)CC1. The Morgan fingerprint density at radius 3 is 2.00 bits per heavy atom. The van der Waals surface area contributed by atoms with Crippen molar-refractivity contribution in [3.05, 3.63) is 57.0 Å². The third-order valence-electron chi connectivity index (χ3n) is 3.85. The van der Waals surface area contributed by atoms with Gasteiger partial charge in [-0.15, -0.1) is 0 Å². The van der Waals surface area contributed by atoms with Crippen molar-refractivity contribution in [2.24, 2.45) is 0 Å². The van der Waals surface area contributed by atoms with E-state index in [1.165, 1.54) is 0 Å². The molecule has 2 aromatic rings. The molecule has 25 heavy (non-hydrogen) atoms. The third kappa shape index (κ3) is 8.00. The van der Waals surface area contributed by atoms with Crippen molar-refractivity contribution in [2.75, 3.05) is 32.1 Å². The first-order valence-corrected chi connectivity index (χ1v) is 13.2. The zero-order valence-corrected chi connectivity index (χ0v) is 19.7. The molecule has 0 aliphatic carbocycles. The first-order chi connectivity index (χ1) is 11.9. The van der Waals surface area contributed by atoms with E-state index in [1.807, 2.05) is 43.1 Å². The minimum atomic E-state index is -1.81. The molecule has 1 saturated heterocycles. The topological polar surface area (TPSA) is 46.1 Å². The van der Waals surface area contributed by atoms with Gasteiger partial charge in [0.2, 0.25) is 0 Å². The van der Waals surface area contributed by atoms with Crippen molar-refractivity contribution in [1.29, 1.82) is 0 Å². The standard InChI is InChI=1S/C11H16BrN2OP.C6H5Br2N/c1-16(15)7-5-14(6-8-16)9-10-3-2-4-11(12)13-10;7-4-5-2-1-3-6(8)9-5/h2-4H,5-9H2,1H3;1-3H,4H2. The summed E-state index contributed by atoms with van der Waals surface area (Å²) in [5.41, 5.74) is 2.12. The van der Waals surface area contributed by atoms with Crippen molar-refractivity contribution in [3.63, 3.8) is 0 Å². The van der Waals surface area contributed by atoms with Crippen LogP contribution in [-0.2, 0) is 16.4 Å². The third-order valence-corrected chi connectivity index (χ3v) is 7.60. The average Bonchev–Trinajstić information content (AvgIpc) is 2.57. The van der Waals surface area contributed by atoms with Crippen molar-refractivity contribution in [3.8, 4) is 0 Å². The summed E-state index contributed by atoms with van der Waals surface area (Å²) >= 11 is 9.95. The van der Waals surface area contributed by atoms with Crippen LogP contribution in [0.5, 0.6) is 0 Å². The van der Waals surface area contributed by atoms with Crippen LogP contribution in [0, 0.1) is 0 Å². The predicted molar refractivity (Wildman–Crippen MR) is 115 cm³/mol. The molecule has 0 N–H and O–H groups in total. The highest BCUT2D eigenvalue weighted by molar-refractivity contribution is 9.10. The smallest absolute Gasteiger partial charge is 0.106 e. The lowest BCUT2D eigenvalue weighted by atomic mass is 10.3. The lowest BCUT2D eigenvalue weighted by Crippen LogP contribution is -2.34. The molecule has 1 fully saturated rings. The number of aromatic nitrogens is 2. The van der Waals surface area contributed by atoms with Crippen LogP contribution >= 0.6 is 54.9 Å². The monoisotopic (exact) mass is 551 g/mol. The van der Waals surface area contributed by atoms with E-state index in [0.717, 1.165) is 57.9 Å². The van der Waals surface area contributed by atoms with E-state index in [4.69, 9.17) is 0 Å².